The average molecular weight is 565 g/mol. The molecule has 2 fully saturated rings. The molecule has 2 unspecified atom stereocenters. The van der Waals surface area contributed by atoms with E-state index in [4.69, 9.17) is 27.8 Å². The molecule has 0 saturated carbocycles. The largest absolute Gasteiger partial charge is 0.493 e. The Kier molecular flexibility index (Phi) is 11.0. The Hall–Kier alpha value is -2.17. The smallest absolute Gasteiger partial charge is 0.182 e. The molecular formula is C29H43ClF2N6O. The van der Waals surface area contributed by atoms with Crippen LogP contribution in [0.3, 0.4) is 0 Å². The van der Waals surface area contributed by atoms with E-state index in [1.807, 2.05) is 17.0 Å². The fourth-order valence-electron chi connectivity index (χ4n) is 5.93. The number of halogens is 3. The first-order valence-corrected chi connectivity index (χ1v) is 14.5. The minimum absolute atomic E-state index is 0.0754. The molecule has 10 heteroatoms. The molecule has 4 rings (SSSR count). The molecule has 216 valence electrons. The van der Waals surface area contributed by atoms with Crippen LogP contribution in [-0.4, -0.2) is 94.4 Å². The lowest BCUT2D eigenvalue weighted by Crippen LogP contribution is -2.56. The van der Waals surface area contributed by atoms with Crippen molar-refractivity contribution in [2.75, 3.05) is 82.4 Å². The van der Waals surface area contributed by atoms with Gasteiger partial charge in [0.2, 0.25) is 0 Å². The number of nitrogens with two attached hydrogens (primary N) is 2. The first-order valence-electron chi connectivity index (χ1n) is 14.1. The van der Waals surface area contributed by atoms with Crippen LogP contribution < -0.4 is 26.0 Å². The predicted molar refractivity (Wildman–Crippen MR) is 156 cm³/mol. The van der Waals surface area contributed by atoms with Crippen molar-refractivity contribution in [3.63, 3.8) is 0 Å². The molecule has 39 heavy (non-hydrogen) atoms. The topological polar surface area (TPSA) is 74.2 Å². The Balaban J connectivity index is 1.25. The molecule has 7 nitrogen and oxygen atoms in total. The molecule has 2 atom stereocenters. The molecule has 2 aliphatic rings. The SMILES string of the molecule is COc1c(Cl)cccc1N1CCN(C(CCCN)C(N)CCCN2CCN(c3cccc(F)c3F)CC2)CC1. The van der Waals surface area contributed by atoms with Crippen LogP contribution in [0.2, 0.25) is 5.02 Å². The molecular weight excluding hydrogens is 522 g/mol. The lowest BCUT2D eigenvalue weighted by Gasteiger charge is -2.43. The van der Waals surface area contributed by atoms with Gasteiger partial charge < -0.3 is 26.0 Å². The number of piperazine rings is 2. The molecule has 0 aliphatic carbocycles. The van der Waals surface area contributed by atoms with Crippen LogP contribution in [0.15, 0.2) is 36.4 Å². The van der Waals surface area contributed by atoms with Gasteiger partial charge in [0.15, 0.2) is 17.4 Å². The number of ether oxygens (including phenoxy) is 1. The molecule has 0 bridgehead atoms. The molecule has 0 aromatic heterocycles. The maximum absolute atomic E-state index is 14.2. The van der Waals surface area contributed by atoms with Crippen LogP contribution in [0.5, 0.6) is 5.75 Å². The van der Waals surface area contributed by atoms with Gasteiger partial charge in [-0.3, -0.25) is 9.80 Å². The van der Waals surface area contributed by atoms with Gasteiger partial charge in [0.1, 0.15) is 0 Å². The maximum Gasteiger partial charge on any atom is 0.182 e. The van der Waals surface area contributed by atoms with E-state index in [1.54, 1.807) is 19.2 Å². The van der Waals surface area contributed by atoms with Gasteiger partial charge in [-0.05, 0) is 63.0 Å². The molecule has 0 spiro atoms. The minimum Gasteiger partial charge on any atom is -0.493 e. The van der Waals surface area contributed by atoms with E-state index < -0.39 is 11.6 Å². The Morgan fingerprint density at radius 3 is 2.21 bits per heavy atom. The Labute approximate surface area is 236 Å². The molecule has 2 aliphatic heterocycles. The Bertz CT molecular complexity index is 1050. The quantitative estimate of drug-likeness (QED) is 0.406. The summed E-state index contributed by atoms with van der Waals surface area (Å²) in [4.78, 5) is 9.19. The summed E-state index contributed by atoms with van der Waals surface area (Å²) >= 11 is 6.35. The van der Waals surface area contributed by atoms with E-state index in [9.17, 15) is 8.78 Å². The van der Waals surface area contributed by atoms with Crippen LogP contribution in [0.4, 0.5) is 20.2 Å². The normalized spacial score (nSPS) is 18.8. The summed E-state index contributed by atoms with van der Waals surface area (Å²) in [7, 11) is 1.66. The van der Waals surface area contributed by atoms with Gasteiger partial charge in [-0.25, -0.2) is 8.78 Å². The van der Waals surface area contributed by atoms with Gasteiger partial charge in [0.25, 0.3) is 0 Å². The Morgan fingerprint density at radius 1 is 0.872 bits per heavy atom. The summed E-state index contributed by atoms with van der Waals surface area (Å²) in [5.74, 6) is -0.822. The Morgan fingerprint density at radius 2 is 1.51 bits per heavy atom. The van der Waals surface area contributed by atoms with Crippen molar-refractivity contribution >= 4 is 23.0 Å². The highest BCUT2D eigenvalue weighted by atomic mass is 35.5. The summed E-state index contributed by atoms with van der Waals surface area (Å²) in [5.41, 5.74) is 14.1. The van der Waals surface area contributed by atoms with Gasteiger partial charge in [-0.1, -0.05) is 23.7 Å². The molecule has 2 aromatic carbocycles. The average Bonchev–Trinajstić information content (AvgIpc) is 2.95. The van der Waals surface area contributed by atoms with Crippen molar-refractivity contribution < 1.29 is 13.5 Å². The summed E-state index contributed by atoms with van der Waals surface area (Å²) in [6.45, 7) is 8.29. The summed E-state index contributed by atoms with van der Waals surface area (Å²) < 4.78 is 33.4. The number of hydrogen-bond donors (Lipinski definition) is 2. The van der Waals surface area contributed by atoms with Crippen molar-refractivity contribution in [3.8, 4) is 5.75 Å². The summed E-state index contributed by atoms with van der Waals surface area (Å²) in [6.07, 6.45) is 3.90. The second-order valence-electron chi connectivity index (χ2n) is 10.5. The van der Waals surface area contributed by atoms with E-state index in [0.29, 0.717) is 36.4 Å². The second-order valence-corrected chi connectivity index (χ2v) is 10.9. The van der Waals surface area contributed by atoms with Crippen LogP contribution in [0.25, 0.3) is 0 Å². The van der Waals surface area contributed by atoms with Gasteiger partial charge in [0.05, 0.1) is 23.5 Å². The third-order valence-corrected chi connectivity index (χ3v) is 8.43. The number of rotatable bonds is 12. The fraction of sp³-hybridized carbons (Fsp3) is 0.586. The highest BCUT2D eigenvalue weighted by molar-refractivity contribution is 6.32. The van der Waals surface area contributed by atoms with E-state index in [1.165, 1.54) is 0 Å². The first kappa shape index (κ1) is 29.8. The van der Waals surface area contributed by atoms with Crippen LogP contribution in [0.1, 0.15) is 25.7 Å². The number of para-hydroxylation sites is 1. The van der Waals surface area contributed by atoms with Crippen molar-refractivity contribution in [2.45, 2.75) is 37.8 Å². The predicted octanol–water partition coefficient (Wildman–Crippen LogP) is 3.79. The van der Waals surface area contributed by atoms with Gasteiger partial charge in [-0.2, -0.15) is 0 Å². The third-order valence-electron chi connectivity index (χ3n) is 8.13. The highest BCUT2D eigenvalue weighted by Crippen LogP contribution is 2.36. The van der Waals surface area contributed by atoms with Crippen LogP contribution >= 0.6 is 11.6 Å². The summed E-state index contributed by atoms with van der Waals surface area (Å²) in [6, 6.07) is 10.6. The van der Waals surface area contributed by atoms with Crippen molar-refractivity contribution in [1.29, 1.82) is 0 Å². The zero-order valence-corrected chi connectivity index (χ0v) is 23.8. The molecule has 2 aromatic rings. The van der Waals surface area contributed by atoms with Gasteiger partial charge in [0, 0.05) is 64.4 Å². The number of hydrogen-bond acceptors (Lipinski definition) is 7. The van der Waals surface area contributed by atoms with Gasteiger partial charge >= 0.3 is 0 Å². The number of benzene rings is 2. The molecule has 2 heterocycles. The second kappa shape index (κ2) is 14.5. The van der Waals surface area contributed by atoms with E-state index in [2.05, 4.69) is 20.8 Å². The first-order chi connectivity index (χ1) is 18.9. The molecule has 2 saturated heterocycles. The monoisotopic (exact) mass is 564 g/mol. The summed E-state index contributed by atoms with van der Waals surface area (Å²) in [5, 5.41) is 0.628. The third kappa shape index (κ3) is 7.52. The standard InChI is InChI=1S/C29H43ClF2N6O/c1-39-29-22(30)6-2-10-27(29)38-20-18-36(19-21-38)25(11-4-12-33)24(34)8-5-13-35-14-16-37(17-15-35)26-9-3-7-23(31)28(26)32/h2-3,6-7,9-10,24-25H,4-5,8,11-21,33-34H2,1H3. The van der Waals surface area contributed by atoms with Crippen molar-refractivity contribution in [2.24, 2.45) is 11.5 Å². The zero-order valence-electron chi connectivity index (χ0n) is 23.0. The van der Waals surface area contributed by atoms with E-state index in [-0.39, 0.29) is 6.04 Å². The zero-order chi connectivity index (χ0) is 27.8. The van der Waals surface area contributed by atoms with Crippen molar-refractivity contribution in [1.82, 2.24) is 9.80 Å². The fourth-order valence-corrected chi connectivity index (χ4v) is 6.18. The van der Waals surface area contributed by atoms with E-state index >= 15 is 0 Å². The highest BCUT2D eigenvalue weighted by Gasteiger charge is 2.29. The number of nitrogens with zero attached hydrogens (tertiary/aromatic N) is 4. The van der Waals surface area contributed by atoms with Crippen LogP contribution in [-0.2, 0) is 0 Å². The minimum atomic E-state index is -0.793. The molecule has 0 radical (unpaired) electrons. The van der Waals surface area contributed by atoms with Gasteiger partial charge in [-0.15, -0.1) is 0 Å². The number of methoxy groups -OCH3 is 1. The lowest BCUT2D eigenvalue weighted by molar-refractivity contribution is 0.144. The lowest BCUT2D eigenvalue weighted by atomic mass is 9.96. The molecule has 4 N–H and O–H groups in total. The number of anilines is 2. The van der Waals surface area contributed by atoms with E-state index in [0.717, 1.165) is 89.0 Å². The maximum atomic E-state index is 14.2. The van der Waals surface area contributed by atoms with Crippen LogP contribution in [0, 0.1) is 11.6 Å². The molecule has 0 amide bonds. The van der Waals surface area contributed by atoms with Crippen molar-refractivity contribution in [3.05, 3.63) is 53.1 Å².